The summed E-state index contributed by atoms with van der Waals surface area (Å²) in [5.41, 5.74) is 3.37. The Morgan fingerprint density at radius 1 is 1.04 bits per heavy atom. The molecule has 8 nitrogen and oxygen atoms in total. The van der Waals surface area contributed by atoms with Crippen molar-refractivity contribution in [1.82, 2.24) is 0 Å². The summed E-state index contributed by atoms with van der Waals surface area (Å²) in [6.45, 7) is 9.88. The number of benzene rings is 1. The fourth-order valence-corrected chi connectivity index (χ4v) is 6.15. The quantitative estimate of drug-likeness (QED) is 0.143. The molecule has 0 aromatic heterocycles. The summed E-state index contributed by atoms with van der Waals surface area (Å²) >= 11 is 0. The van der Waals surface area contributed by atoms with Crippen LogP contribution in [0.1, 0.15) is 64.4 Å². The second kappa shape index (κ2) is 20.3. The van der Waals surface area contributed by atoms with Crippen LogP contribution < -0.4 is 4.74 Å². The Balaban J connectivity index is 1.60. The van der Waals surface area contributed by atoms with Gasteiger partial charge in [0.15, 0.2) is 0 Å². The fraction of sp³-hybridized carbons (Fsp3) is 0.525. The predicted molar refractivity (Wildman–Crippen MR) is 188 cm³/mol. The first kappa shape index (κ1) is 37.5. The fourth-order valence-electron chi connectivity index (χ4n) is 6.15. The van der Waals surface area contributed by atoms with Crippen molar-refractivity contribution in [2.45, 2.75) is 102 Å². The van der Waals surface area contributed by atoms with E-state index in [1.54, 1.807) is 14.2 Å². The van der Waals surface area contributed by atoms with E-state index in [2.05, 4.69) is 38.7 Å². The van der Waals surface area contributed by atoms with Crippen molar-refractivity contribution in [3.63, 3.8) is 0 Å². The van der Waals surface area contributed by atoms with Gasteiger partial charge in [-0.3, -0.25) is 0 Å². The summed E-state index contributed by atoms with van der Waals surface area (Å²) in [6.07, 6.45) is 21.4. The first-order chi connectivity index (χ1) is 23.3. The molecule has 0 saturated carbocycles. The molecular weight excluding hydrogens is 608 g/mol. The third kappa shape index (κ3) is 13.3. The van der Waals surface area contributed by atoms with E-state index in [0.717, 1.165) is 42.6 Å². The summed E-state index contributed by atoms with van der Waals surface area (Å²) in [6, 6.07) is 7.73. The van der Waals surface area contributed by atoms with Crippen molar-refractivity contribution in [3.8, 4) is 5.75 Å². The van der Waals surface area contributed by atoms with E-state index < -0.39 is 18.2 Å². The van der Waals surface area contributed by atoms with Crippen LogP contribution in [0.4, 0.5) is 0 Å². The van der Waals surface area contributed by atoms with Crippen molar-refractivity contribution in [3.05, 3.63) is 102 Å². The Kier molecular flexibility index (Phi) is 15.9. The smallest absolute Gasteiger partial charge is 0.330 e. The third-order valence-corrected chi connectivity index (χ3v) is 8.63. The van der Waals surface area contributed by atoms with E-state index in [1.807, 2.05) is 54.6 Å². The van der Waals surface area contributed by atoms with E-state index in [1.165, 1.54) is 11.6 Å². The molecule has 0 saturated heterocycles. The topological polar surface area (TPSA) is 81.7 Å². The summed E-state index contributed by atoms with van der Waals surface area (Å²) < 4.78 is 41.5. The molecule has 0 aliphatic carbocycles. The standard InChI is InChI=1S/C40H54O8/c1-29-21-22-44-36(24-29)19-20-38(45-27-32-15-17-33(43-5)18-16-32)39-13-7-11-35(46-28-42-4)25-30(2)23-31(3)26-37-12-6-9-34(47-37)10-8-14-40(41)48-39/h6-9,11,14-20,24,31,34-39H,2,10,12-13,21-23,25-28H2,1,3-5H3/b11-7+,14-8+,20-19+/t31-,34-,35-,36+,37-,38-,39-/m0/s1. The number of carbonyl (C=O) groups excluding carboxylic acids is 1. The Morgan fingerprint density at radius 2 is 1.85 bits per heavy atom. The molecule has 0 N–H and O–H groups in total. The molecule has 2 bridgehead atoms. The van der Waals surface area contributed by atoms with Gasteiger partial charge in [-0.2, -0.15) is 0 Å². The molecule has 0 amide bonds. The van der Waals surface area contributed by atoms with Crippen LogP contribution in [-0.4, -0.2) is 70.2 Å². The number of rotatable bonds is 10. The van der Waals surface area contributed by atoms with Gasteiger partial charge >= 0.3 is 5.97 Å². The first-order valence-corrected chi connectivity index (χ1v) is 17.2. The number of fused-ring (bicyclic) bond motifs is 2. The molecule has 0 radical (unpaired) electrons. The van der Waals surface area contributed by atoms with E-state index in [4.69, 9.17) is 33.2 Å². The van der Waals surface area contributed by atoms with Crippen LogP contribution in [0.15, 0.2) is 96.7 Å². The van der Waals surface area contributed by atoms with Crippen LogP contribution in [0.25, 0.3) is 0 Å². The van der Waals surface area contributed by atoms with Crippen molar-refractivity contribution < 1.29 is 38.0 Å². The van der Waals surface area contributed by atoms with E-state index in [0.29, 0.717) is 38.4 Å². The van der Waals surface area contributed by atoms with Gasteiger partial charge in [-0.15, -0.1) is 0 Å². The number of cyclic esters (lactones) is 1. The highest BCUT2D eigenvalue weighted by molar-refractivity contribution is 5.82. The monoisotopic (exact) mass is 662 g/mol. The van der Waals surface area contributed by atoms with Crippen molar-refractivity contribution in [2.75, 3.05) is 27.6 Å². The third-order valence-electron chi connectivity index (χ3n) is 8.63. The minimum atomic E-state index is -0.623. The lowest BCUT2D eigenvalue weighted by molar-refractivity contribution is -0.149. The second-order valence-corrected chi connectivity index (χ2v) is 13.0. The zero-order chi connectivity index (χ0) is 34.1. The Bertz CT molecular complexity index is 1290. The number of methoxy groups -OCH3 is 2. The van der Waals surface area contributed by atoms with Gasteiger partial charge in [0.05, 0.1) is 44.7 Å². The van der Waals surface area contributed by atoms with Gasteiger partial charge in [0, 0.05) is 19.6 Å². The molecule has 1 aromatic carbocycles. The van der Waals surface area contributed by atoms with E-state index >= 15 is 0 Å². The van der Waals surface area contributed by atoms with Crippen molar-refractivity contribution in [2.24, 2.45) is 5.92 Å². The minimum Gasteiger partial charge on any atom is -0.497 e. The van der Waals surface area contributed by atoms with Gasteiger partial charge in [0.2, 0.25) is 0 Å². The molecule has 0 fully saturated rings. The average molecular weight is 663 g/mol. The van der Waals surface area contributed by atoms with Crippen LogP contribution in [0.2, 0.25) is 0 Å². The summed E-state index contributed by atoms with van der Waals surface area (Å²) in [4.78, 5) is 13.3. The van der Waals surface area contributed by atoms with Gasteiger partial charge in [0.25, 0.3) is 0 Å². The average Bonchev–Trinajstić information content (AvgIpc) is 3.06. The molecule has 8 heteroatoms. The SMILES string of the molecule is C=C1C[C@H](C)C[C@@H]2CC=C[C@@H](C/C=C/C(=O)O[C@H]([C@H](/C=C/[C@@H]3C=C(C)CCO3)OCc3ccc(OC)cc3)C/C=C/[C@H](OCOC)C1)O2. The molecule has 48 heavy (non-hydrogen) atoms. The van der Waals surface area contributed by atoms with Crippen molar-refractivity contribution >= 4 is 5.97 Å². The Labute approximate surface area is 287 Å². The van der Waals surface area contributed by atoms with Gasteiger partial charge in [0.1, 0.15) is 24.8 Å². The van der Waals surface area contributed by atoms with Crippen LogP contribution in [0.5, 0.6) is 5.75 Å². The highest BCUT2D eigenvalue weighted by atomic mass is 16.7. The van der Waals surface area contributed by atoms with Crippen LogP contribution in [0.3, 0.4) is 0 Å². The number of hydrogen-bond donors (Lipinski definition) is 0. The zero-order valence-corrected chi connectivity index (χ0v) is 29.1. The molecule has 3 aliphatic heterocycles. The highest BCUT2D eigenvalue weighted by Gasteiger charge is 2.25. The Morgan fingerprint density at radius 3 is 2.62 bits per heavy atom. The predicted octanol–water partition coefficient (Wildman–Crippen LogP) is 7.76. The minimum absolute atomic E-state index is 0.0804. The van der Waals surface area contributed by atoms with Crippen LogP contribution in [-0.2, 0) is 39.8 Å². The summed E-state index contributed by atoms with van der Waals surface area (Å²) in [5.74, 6) is 0.752. The number of hydrogen-bond acceptors (Lipinski definition) is 8. The van der Waals surface area contributed by atoms with Gasteiger partial charge < -0.3 is 33.2 Å². The van der Waals surface area contributed by atoms with Gasteiger partial charge in [-0.25, -0.2) is 4.79 Å². The van der Waals surface area contributed by atoms with E-state index in [-0.39, 0.29) is 31.2 Å². The van der Waals surface area contributed by atoms with Crippen LogP contribution in [0, 0.1) is 5.92 Å². The van der Waals surface area contributed by atoms with E-state index in [9.17, 15) is 4.79 Å². The number of esters is 1. The largest absolute Gasteiger partial charge is 0.497 e. The molecule has 4 rings (SSSR count). The molecule has 3 heterocycles. The molecular formula is C40H54O8. The Hall–Kier alpha value is -3.27. The molecule has 7 atom stereocenters. The molecule has 0 unspecified atom stereocenters. The lowest BCUT2D eigenvalue weighted by Gasteiger charge is -2.28. The maximum atomic E-state index is 13.3. The molecule has 3 aliphatic rings. The van der Waals surface area contributed by atoms with Gasteiger partial charge in [-0.1, -0.05) is 85.4 Å². The van der Waals surface area contributed by atoms with Crippen LogP contribution >= 0.6 is 0 Å². The number of carbonyl (C=O) groups is 1. The number of ether oxygens (including phenoxy) is 7. The highest BCUT2D eigenvalue weighted by Crippen LogP contribution is 2.27. The maximum absolute atomic E-state index is 13.3. The lowest BCUT2D eigenvalue weighted by Crippen LogP contribution is -2.32. The summed E-state index contributed by atoms with van der Waals surface area (Å²) in [5, 5.41) is 0. The zero-order valence-electron chi connectivity index (χ0n) is 29.1. The first-order valence-electron chi connectivity index (χ1n) is 17.2. The van der Waals surface area contributed by atoms with Crippen molar-refractivity contribution in [1.29, 1.82) is 0 Å². The molecule has 262 valence electrons. The maximum Gasteiger partial charge on any atom is 0.330 e. The molecule has 1 aromatic rings. The second-order valence-electron chi connectivity index (χ2n) is 13.0. The summed E-state index contributed by atoms with van der Waals surface area (Å²) in [7, 11) is 3.25. The normalized spacial score (nSPS) is 29.7. The molecule has 0 spiro atoms. The lowest BCUT2D eigenvalue weighted by atomic mass is 9.91. The van der Waals surface area contributed by atoms with Gasteiger partial charge in [-0.05, 0) is 69.1 Å².